The molecule has 0 aliphatic carbocycles. The van der Waals surface area contributed by atoms with Crippen LogP contribution in [0.4, 0.5) is 5.69 Å². The third kappa shape index (κ3) is 4.85. The number of carbonyl (C=O) groups excluding carboxylic acids is 1. The summed E-state index contributed by atoms with van der Waals surface area (Å²) in [7, 11) is 1.62. The minimum Gasteiger partial charge on any atom is -0.374 e. The van der Waals surface area contributed by atoms with Crippen LogP contribution in [0.2, 0.25) is 0 Å². The highest BCUT2D eigenvalue weighted by Gasteiger charge is 2.01. The van der Waals surface area contributed by atoms with Gasteiger partial charge < -0.3 is 10.1 Å². The molecule has 1 N–H and O–H groups in total. The van der Waals surface area contributed by atoms with Crippen LogP contribution in [0.25, 0.3) is 0 Å². The number of ether oxygens (including phenoxy) is 1. The fourth-order valence-corrected chi connectivity index (χ4v) is 1.65. The molecule has 15 heavy (non-hydrogen) atoms. The molecule has 0 fully saturated rings. The number of carbonyl (C=O) groups is 1. The first-order valence-electron chi connectivity index (χ1n) is 4.65. The molecule has 0 spiro atoms. The third-order valence-electron chi connectivity index (χ3n) is 1.74. The highest BCUT2D eigenvalue weighted by atomic mass is 32.2. The summed E-state index contributed by atoms with van der Waals surface area (Å²) in [4.78, 5) is 11.4. The molecule has 0 bridgehead atoms. The maximum Gasteiger partial charge on any atom is 0.234 e. The fourth-order valence-electron chi connectivity index (χ4n) is 1.14. The van der Waals surface area contributed by atoms with Crippen molar-refractivity contribution in [2.24, 2.45) is 0 Å². The van der Waals surface area contributed by atoms with Crippen LogP contribution in [0.1, 0.15) is 5.56 Å². The van der Waals surface area contributed by atoms with Gasteiger partial charge >= 0.3 is 0 Å². The Morgan fingerprint density at radius 3 is 3.00 bits per heavy atom. The second kappa shape index (κ2) is 6.48. The molecule has 82 valence electrons. The molecule has 0 saturated heterocycles. The van der Waals surface area contributed by atoms with E-state index in [0.717, 1.165) is 11.3 Å². The van der Waals surface area contributed by atoms with Crippen LogP contribution < -0.4 is 5.32 Å². The zero-order valence-electron chi connectivity index (χ0n) is 8.95. The van der Waals surface area contributed by atoms with Crippen molar-refractivity contribution < 1.29 is 9.53 Å². The molecule has 1 aromatic carbocycles. The van der Waals surface area contributed by atoms with E-state index in [4.69, 9.17) is 4.74 Å². The molecule has 0 aliphatic heterocycles. The molecule has 0 aliphatic rings. The van der Waals surface area contributed by atoms with Crippen molar-refractivity contribution in [2.75, 3.05) is 24.1 Å². The molecule has 4 heteroatoms. The summed E-state index contributed by atoms with van der Waals surface area (Å²) in [6, 6.07) is 7.74. The predicted molar refractivity (Wildman–Crippen MR) is 64.1 cm³/mol. The van der Waals surface area contributed by atoms with Crippen LogP contribution in [-0.4, -0.2) is 24.7 Å². The van der Waals surface area contributed by atoms with E-state index < -0.39 is 0 Å². The van der Waals surface area contributed by atoms with Crippen LogP contribution >= 0.6 is 11.8 Å². The summed E-state index contributed by atoms with van der Waals surface area (Å²) in [5.41, 5.74) is 1.98. The number of rotatable bonds is 5. The smallest absolute Gasteiger partial charge is 0.234 e. The minimum absolute atomic E-state index is 0.00245. The predicted octanol–water partition coefficient (Wildman–Crippen LogP) is 2.27. The normalized spacial score (nSPS) is 10.0. The fraction of sp³-hybridized carbons (Fsp3) is 0.364. The first kappa shape index (κ1) is 12.1. The number of hydrogen-bond acceptors (Lipinski definition) is 3. The van der Waals surface area contributed by atoms with E-state index >= 15 is 0 Å². The second-order valence-corrected chi connectivity index (χ2v) is 4.11. The first-order chi connectivity index (χ1) is 7.22. The van der Waals surface area contributed by atoms with E-state index in [2.05, 4.69) is 5.32 Å². The summed E-state index contributed by atoms with van der Waals surface area (Å²) in [6.07, 6.45) is 0. The highest BCUT2D eigenvalue weighted by Crippen LogP contribution is 2.10. The Morgan fingerprint density at radius 1 is 1.53 bits per heavy atom. The molecule has 0 heterocycles. The van der Waals surface area contributed by atoms with Gasteiger partial charge in [0.25, 0.3) is 0 Å². The van der Waals surface area contributed by atoms with E-state index in [1.165, 1.54) is 11.8 Å². The van der Waals surface area contributed by atoms with Gasteiger partial charge in [-0.15, -0.1) is 11.8 Å². The van der Waals surface area contributed by atoms with Gasteiger partial charge in [-0.3, -0.25) is 4.79 Å². The van der Waals surface area contributed by atoms with Crippen molar-refractivity contribution in [1.29, 1.82) is 0 Å². The lowest BCUT2D eigenvalue weighted by Gasteiger charge is -2.05. The Hall–Kier alpha value is -1.00. The minimum atomic E-state index is 0.00245. The SMILES string of the molecule is COCSCC(=O)Nc1cccc(C)c1. The summed E-state index contributed by atoms with van der Waals surface area (Å²) in [5, 5.41) is 2.83. The molecule has 0 aromatic heterocycles. The lowest BCUT2D eigenvalue weighted by molar-refractivity contribution is -0.113. The number of aryl methyl sites for hydroxylation is 1. The second-order valence-electron chi connectivity index (χ2n) is 3.17. The van der Waals surface area contributed by atoms with Crippen molar-refractivity contribution in [3.63, 3.8) is 0 Å². The van der Waals surface area contributed by atoms with Gasteiger partial charge in [-0.2, -0.15) is 0 Å². The molecule has 1 rings (SSSR count). The Morgan fingerprint density at radius 2 is 2.33 bits per heavy atom. The number of thioether (sulfide) groups is 1. The first-order valence-corrected chi connectivity index (χ1v) is 5.81. The summed E-state index contributed by atoms with van der Waals surface area (Å²) in [6.45, 7) is 2.00. The standard InChI is InChI=1S/C11H15NO2S/c1-9-4-3-5-10(6-9)12-11(13)7-15-8-14-2/h3-6H,7-8H2,1-2H3,(H,12,13). The Labute approximate surface area is 94.2 Å². The van der Waals surface area contributed by atoms with E-state index in [9.17, 15) is 4.79 Å². The van der Waals surface area contributed by atoms with Gasteiger partial charge in [0, 0.05) is 12.8 Å². The van der Waals surface area contributed by atoms with Crippen molar-refractivity contribution >= 4 is 23.4 Å². The van der Waals surface area contributed by atoms with Crippen molar-refractivity contribution in [3.05, 3.63) is 29.8 Å². The highest BCUT2D eigenvalue weighted by molar-refractivity contribution is 7.99. The molecular weight excluding hydrogens is 210 g/mol. The van der Waals surface area contributed by atoms with Crippen LogP contribution in [0, 0.1) is 6.92 Å². The summed E-state index contributed by atoms with van der Waals surface area (Å²) < 4.78 is 4.84. The van der Waals surface area contributed by atoms with Crippen molar-refractivity contribution in [3.8, 4) is 0 Å². The largest absolute Gasteiger partial charge is 0.374 e. The van der Waals surface area contributed by atoms with Crippen LogP contribution in [0.3, 0.4) is 0 Å². The quantitative estimate of drug-likeness (QED) is 0.617. The number of methoxy groups -OCH3 is 1. The lowest BCUT2D eigenvalue weighted by Crippen LogP contribution is -2.14. The average molecular weight is 225 g/mol. The van der Waals surface area contributed by atoms with Gasteiger partial charge in [-0.1, -0.05) is 12.1 Å². The third-order valence-corrected chi connectivity index (χ3v) is 2.60. The molecular formula is C11H15NO2S. The summed E-state index contributed by atoms with van der Waals surface area (Å²) in [5.74, 6) is 0.964. The monoisotopic (exact) mass is 225 g/mol. The van der Waals surface area contributed by atoms with Crippen molar-refractivity contribution in [2.45, 2.75) is 6.92 Å². The van der Waals surface area contributed by atoms with Crippen LogP contribution in [0.15, 0.2) is 24.3 Å². The topological polar surface area (TPSA) is 38.3 Å². The van der Waals surface area contributed by atoms with Gasteiger partial charge in [0.1, 0.15) is 0 Å². The number of hydrogen-bond donors (Lipinski definition) is 1. The van der Waals surface area contributed by atoms with Gasteiger partial charge in [0.2, 0.25) is 5.91 Å². The maximum absolute atomic E-state index is 11.4. The van der Waals surface area contributed by atoms with Crippen LogP contribution in [0.5, 0.6) is 0 Å². The average Bonchev–Trinajstić information content (AvgIpc) is 2.18. The van der Waals surface area contributed by atoms with Crippen molar-refractivity contribution in [1.82, 2.24) is 0 Å². The number of nitrogens with one attached hydrogen (secondary N) is 1. The Bertz CT molecular complexity index is 328. The Balaban J connectivity index is 2.37. The molecule has 1 amide bonds. The number of anilines is 1. The van der Waals surface area contributed by atoms with Gasteiger partial charge in [-0.05, 0) is 24.6 Å². The summed E-state index contributed by atoms with van der Waals surface area (Å²) >= 11 is 1.45. The molecule has 0 radical (unpaired) electrons. The number of amides is 1. The molecule has 0 saturated carbocycles. The Kier molecular flexibility index (Phi) is 5.21. The van der Waals surface area contributed by atoms with E-state index in [1.807, 2.05) is 31.2 Å². The molecule has 0 atom stereocenters. The zero-order valence-corrected chi connectivity index (χ0v) is 9.76. The molecule has 0 unspecified atom stereocenters. The van der Waals surface area contributed by atoms with Crippen LogP contribution in [-0.2, 0) is 9.53 Å². The molecule has 1 aromatic rings. The molecule has 3 nitrogen and oxygen atoms in total. The van der Waals surface area contributed by atoms with E-state index in [0.29, 0.717) is 11.7 Å². The number of benzene rings is 1. The van der Waals surface area contributed by atoms with Gasteiger partial charge in [-0.25, -0.2) is 0 Å². The van der Waals surface area contributed by atoms with E-state index in [1.54, 1.807) is 7.11 Å². The van der Waals surface area contributed by atoms with E-state index in [-0.39, 0.29) is 5.91 Å². The lowest BCUT2D eigenvalue weighted by atomic mass is 10.2. The zero-order chi connectivity index (χ0) is 11.1. The van der Waals surface area contributed by atoms with Gasteiger partial charge in [0.05, 0.1) is 11.7 Å². The maximum atomic E-state index is 11.4. The van der Waals surface area contributed by atoms with Gasteiger partial charge in [0.15, 0.2) is 0 Å².